The Kier molecular flexibility index (Phi) is 3.94. The lowest BCUT2D eigenvalue weighted by molar-refractivity contribution is 0.0937. The van der Waals surface area contributed by atoms with Crippen LogP contribution < -0.4 is 5.32 Å². The third-order valence-electron chi connectivity index (χ3n) is 2.97. The zero-order valence-corrected chi connectivity index (χ0v) is 11.3. The van der Waals surface area contributed by atoms with Crippen LogP contribution in [0.1, 0.15) is 47.4 Å². The Morgan fingerprint density at radius 1 is 1.47 bits per heavy atom. The Morgan fingerprint density at radius 3 is 2.89 bits per heavy atom. The zero-order chi connectivity index (χ0) is 13.8. The summed E-state index contributed by atoms with van der Waals surface area (Å²) in [4.78, 5) is 16.5. The second-order valence-corrected chi connectivity index (χ2v) is 4.36. The minimum atomic E-state index is -0.172. The van der Waals surface area contributed by atoms with Crippen LogP contribution in [0.3, 0.4) is 0 Å². The van der Waals surface area contributed by atoms with Gasteiger partial charge in [0.05, 0.1) is 17.4 Å². The van der Waals surface area contributed by atoms with Gasteiger partial charge in [0.25, 0.3) is 5.91 Å². The standard InChI is InChI=1S/C14H17N3O2/c1-4-11-13(10(3)19-17-11)14(18)16-9(2)12-7-5-6-8-15-12/h5-9H,4H2,1-3H3,(H,16,18)/t9-/m0/s1. The van der Waals surface area contributed by atoms with Crippen molar-refractivity contribution < 1.29 is 9.32 Å². The van der Waals surface area contributed by atoms with E-state index in [1.54, 1.807) is 13.1 Å². The van der Waals surface area contributed by atoms with E-state index < -0.39 is 0 Å². The van der Waals surface area contributed by atoms with Crippen molar-refractivity contribution in [2.24, 2.45) is 0 Å². The van der Waals surface area contributed by atoms with Crippen LogP contribution in [0, 0.1) is 6.92 Å². The first-order chi connectivity index (χ1) is 9.13. The summed E-state index contributed by atoms with van der Waals surface area (Å²) in [6, 6.07) is 5.46. The minimum absolute atomic E-state index is 0.160. The second kappa shape index (κ2) is 5.65. The number of pyridine rings is 1. The van der Waals surface area contributed by atoms with Crippen molar-refractivity contribution in [2.45, 2.75) is 33.2 Å². The Bertz CT molecular complexity index is 563. The third-order valence-corrected chi connectivity index (χ3v) is 2.97. The van der Waals surface area contributed by atoms with Gasteiger partial charge in [-0.3, -0.25) is 9.78 Å². The van der Waals surface area contributed by atoms with Gasteiger partial charge in [-0.2, -0.15) is 0 Å². The van der Waals surface area contributed by atoms with Crippen LogP contribution in [0.2, 0.25) is 0 Å². The molecule has 2 heterocycles. The van der Waals surface area contributed by atoms with E-state index in [2.05, 4.69) is 15.5 Å². The van der Waals surface area contributed by atoms with E-state index in [1.807, 2.05) is 32.0 Å². The van der Waals surface area contributed by atoms with Crippen molar-refractivity contribution in [3.63, 3.8) is 0 Å². The number of nitrogens with one attached hydrogen (secondary N) is 1. The summed E-state index contributed by atoms with van der Waals surface area (Å²) in [5.41, 5.74) is 2.04. The first-order valence-electron chi connectivity index (χ1n) is 6.30. The zero-order valence-electron chi connectivity index (χ0n) is 11.3. The summed E-state index contributed by atoms with van der Waals surface area (Å²) in [6.07, 6.45) is 2.37. The number of aryl methyl sites for hydroxylation is 2. The smallest absolute Gasteiger partial charge is 0.257 e. The number of hydrogen-bond acceptors (Lipinski definition) is 4. The lowest BCUT2D eigenvalue weighted by atomic mass is 10.1. The van der Waals surface area contributed by atoms with Crippen molar-refractivity contribution in [1.29, 1.82) is 0 Å². The van der Waals surface area contributed by atoms with Crippen LogP contribution in [0.4, 0.5) is 0 Å². The number of carbonyl (C=O) groups is 1. The molecule has 5 nitrogen and oxygen atoms in total. The molecule has 0 aliphatic heterocycles. The molecule has 0 aliphatic carbocycles. The normalized spacial score (nSPS) is 12.2. The van der Waals surface area contributed by atoms with Crippen molar-refractivity contribution in [3.05, 3.63) is 47.1 Å². The van der Waals surface area contributed by atoms with E-state index in [-0.39, 0.29) is 11.9 Å². The van der Waals surface area contributed by atoms with Gasteiger partial charge in [-0.15, -0.1) is 0 Å². The highest BCUT2D eigenvalue weighted by molar-refractivity contribution is 5.96. The van der Waals surface area contributed by atoms with Crippen LogP contribution >= 0.6 is 0 Å². The maximum atomic E-state index is 12.3. The van der Waals surface area contributed by atoms with Crippen molar-refractivity contribution in [1.82, 2.24) is 15.5 Å². The fraction of sp³-hybridized carbons (Fsp3) is 0.357. The predicted molar refractivity (Wildman–Crippen MR) is 70.7 cm³/mol. The maximum Gasteiger partial charge on any atom is 0.257 e. The van der Waals surface area contributed by atoms with E-state index in [1.165, 1.54) is 0 Å². The first kappa shape index (κ1) is 13.3. The van der Waals surface area contributed by atoms with Crippen LogP contribution in [0.25, 0.3) is 0 Å². The maximum absolute atomic E-state index is 12.3. The molecule has 0 spiro atoms. The van der Waals surface area contributed by atoms with Crippen LogP contribution in [0.15, 0.2) is 28.9 Å². The SMILES string of the molecule is CCc1noc(C)c1C(=O)N[C@@H](C)c1ccccn1. The highest BCUT2D eigenvalue weighted by atomic mass is 16.5. The topological polar surface area (TPSA) is 68.0 Å². The van der Waals surface area contributed by atoms with E-state index in [4.69, 9.17) is 4.52 Å². The predicted octanol–water partition coefficient (Wildman–Crippen LogP) is 2.43. The molecule has 0 bridgehead atoms. The van der Waals surface area contributed by atoms with Gasteiger partial charge in [0, 0.05) is 6.20 Å². The van der Waals surface area contributed by atoms with E-state index >= 15 is 0 Å². The largest absolute Gasteiger partial charge is 0.361 e. The highest BCUT2D eigenvalue weighted by Gasteiger charge is 2.21. The molecule has 1 atom stereocenters. The fourth-order valence-electron chi connectivity index (χ4n) is 1.93. The summed E-state index contributed by atoms with van der Waals surface area (Å²) in [5.74, 6) is 0.372. The Hall–Kier alpha value is -2.17. The Balaban J connectivity index is 2.15. The molecule has 0 saturated heterocycles. The molecule has 5 heteroatoms. The fourth-order valence-corrected chi connectivity index (χ4v) is 1.93. The summed E-state index contributed by atoms with van der Waals surface area (Å²) < 4.78 is 5.07. The highest BCUT2D eigenvalue weighted by Crippen LogP contribution is 2.16. The second-order valence-electron chi connectivity index (χ2n) is 4.36. The minimum Gasteiger partial charge on any atom is -0.361 e. The lowest BCUT2D eigenvalue weighted by Gasteiger charge is -2.13. The number of nitrogens with zero attached hydrogens (tertiary/aromatic N) is 2. The van der Waals surface area contributed by atoms with Gasteiger partial charge in [-0.05, 0) is 32.4 Å². The van der Waals surface area contributed by atoms with Crippen molar-refractivity contribution in [2.75, 3.05) is 0 Å². The lowest BCUT2D eigenvalue weighted by Crippen LogP contribution is -2.28. The summed E-state index contributed by atoms with van der Waals surface area (Å²) in [7, 11) is 0. The van der Waals surface area contributed by atoms with Gasteiger partial charge in [0.15, 0.2) is 0 Å². The molecule has 0 aliphatic rings. The Morgan fingerprint density at radius 2 is 2.26 bits per heavy atom. The number of rotatable bonds is 4. The molecule has 2 aromatic rings. The van der Waals surface area contributed by atoms with Gasteiger partial charge in [-0.25, -0.2) is 0 Å². The molecule has 19 heavy (non-hydrogen) atoms. The summed E-state index contributed by atoms with van der Waals surface area (Å²) in [5, 5.41) is 6.80. The van der Waals surface area contributed by atoms with Gasteiger partial charge < -0.3 is 9.84 Å². The molecule has 2 rings (SSSR count). The molecule has 0 aromatic carbocycles. The summed E-state index contributed by atoms with van der Waals surface area (Å²) >= 11 is 0. The molecule has 0 radical (unpaired) electrons. The molecule has 1 N–H and O–H groups in total. The first-order valence-corrected chi connectivity index (χ1v) is 6.30. The molecule has 100 valence electrons. The van der Waals surface area contributed by atoms with Crippen LogP contribution in [-0.4, -0.2) is 16.0 Å². The van der Waals surface area contributed by atoms with Crippen LogP contribution in [-0.2, 0) is 6.42 Å². The van der Waals surface area contributed by atoms with Gasteiger partial charge in [-0.1, -0.05) is 18.1 Å². The van der Waals surface area contributed by atoms with Crippen molar-refractivity contribution in [3.8, 4) is 0 Å². The number of amides is 1. The van der Waals surface area contributed by atoms with Gasteiger partial charge in [0.1, 0.15) is 11.3 Å². The monoisotopic (exact) mass is 259 g/mol. The number of carbonyl (C=O) groups excluding carboxylic acids is 1. The molecular weight excluding hydrogens is 242 g/mol. The Labute approximate surface area is 112 Å². The van der Waals surface area contributed by atoms with Gasteiger partial charge in [0.2, 0.25) is 0 Å². The van der Waals surface area contributed by atoms with E-state index in [0.29, 0.717) is 23.4 Å². The average Bonchev–Trinajstić information content (AvgIpc) is 2.80. The molecule has 1 amide bonds. The quantitative estimate of drug-likeness (QED) is 0.915. The molecular formula is C14H17N3O2. The number of aromatic nitrogens is 2. The molecule has 2 aromatic heterocycles. The molecule has 0 fully saturated rings. The van der Waals surface area contributed by atoms with Crippen molar-refractivity contribution >= 4 is 5.91 Å². The third kappa shape index (κ3) is 2.81. The molecule has 0 saturated carbocycles. The van der Waals surface area contributed by atoms with E-state index in [9.17, 15) is 4.79 Å². The van der Waals surface area contributed by atoms with Gasteiger partial charge >= 0.3 is 0 Å². The summed E-state index contributed by atoms with van der Waals surface area (Å²) in [6.45, 7) is 5.58. The molecule has 0 unspecified atom stereocenters. The number of hydrogen-bond donors (Lipinski definition) is 1. The van der Waals surface area contributed by atoms with E-state index in [0.717, 1.165) is 5.69 Å². The van der Waals surface area contributed by atoms with Crippen LogP contribution in [0.5, 0.6) is 0 Å². The average molecular weight is 259 g/mol.